The van der Waals surface area contributed by atoms with Crippen molar-refractivity contribution in [2.45, 2.75) is 19.9 Å². The summed E-state index contributed by atoms with van der Waals surface area (Å²) < 4.78 is 10.7. The molecular weight excluding hydrogens is 306 g/mol. The number of amides is 2. The summed E-state index contributed by atoms with van der Waals surface area (Å²) in [4.78, 5) is 42.0. The molecule has 0 saturated carbocycles. The normalized spacial score (nSPS) is 13.7. The molecule has 7 nitrogen and oxygen atoms in total. The summed E-state index contributed by atoms with van der Waals surface area (Å²) in [5.41, 5.74) is -0.827. The minimum atomic E-state index is -5.15. The number of carbonyl (C=O) groups is 2. The van der Waals surface area contributed by atoms with E-state index in [4.69, 9.17) is 4.89 Å². The zero-order valence-electron chi connectivity index (χ0n) is 11.2. The van der Waals surface area contributed by atoms with Gasteiger partial charge in [0.05, 0.1) is 0 Å². The van der Waals surface area contributed by atoms with E-state index in [0.717, 1.165) is 5.56 Å². The largest absolute Gasteiger partial charge is 1.00 e. The Morgan fingerprint density at radius 2 is 1.86 bits per heavy atom. The van der Waals surface area contributed by atoms with Crippen molar-refractivity contribution < 1.29 is 53.5 Å². The van der Waals surface area contributed by atoms with Crippen LogP contribution in [0.3, 0.4) is 0 Å². The molecule has 112 valence electrons. The number of hydrogen-bond acceptors (Lipinski definition) is 4. The molecule has 2 amide bonds. The van der Waals surface area contributed by atoms with Gasteiger partial charge in [0.25, 0.3) is 5.65 Å². The first kappa shape index (κ1) is 22.6. The van der Waals surface area contributed by atoms with Crippen molar-refractivity contribution in [2.75, 3.05) is 7.05 Å². The van der Waals surface area contributed by atoms with E-state index in [1.54, 1.807) is 30.3 Å². The predicted octanol–water partition coefficient (Wildman–Crippen LogP) is -2.76. The molecule has 1 aromatic rings. The third-order valence-corrected chi connectivity index (χ3v) is 3.04. The van der Waals surface area contributed by atoms with Crippen LogP contribution in [0.2, 0.25) is 0 Å². The zero-order valence-corrected chi connectivity index (χ0v) is 14.1. The summed E-state index contributed by atoms with van der Waals surface area (Å²) in [6, 6.07) is 7.69. The van der Waals surface area contributed by atoms with E-state index in [1.165, 1.54) is 7.05 Å². The number of rotatable bonds is 5. The van der Waals surface area contributed by atoms with E-state index in [-0.39, 0.29) is 43.4 Å². The zero-order chi connectivity index (χ0) is 14.5. The summed E-state index contributed by atoms with van der Waals surface area (Å²) in [7, 11) is -3.78. The standard InChI is InChI=1S/C11H15N2O5P.CH4.Na/c1-12-10(14)9(13-11(15)19(16,17)18)7-8-5-3-2-4-6-8;;/h2-6,9H,7H2,1H3,(H,12,14)(H,13,15)(H2,16,17,18);1H4;/q;;+1/p-1. The van der Waals surface area contributed by atoms with Gasteiger partial charge in [-0.05, 0) is 5.56 Å². The van der Waals surface area contributed by atoms with Gasteiger partial charge in [-0.15, -0.1) is 0 Å². The van der Waals surface area contributed by atoms with Gasteiger partial charge < -0.3 is 20.4 Å². The Bertz CT molecular complexity index is 506. The molecule has 0 spiro atoms. The average molecular weight is 324 g/mol. The molecule has 2 unspecified atom stereocenters. The van der Waals surface area contributed by atoms with Crippen molar-refractivity contribution in [3.8, 4) is 0 Å². The third kappa shape index (κ3) is 7.76. The molecule has 0 aliphatic carbocycles. The van der Waals surface area contributed by atoms with Crippen LogP contribution in [0.5, 0.6) is 0 Å². The van der Waals surface area contributed by atoms with Crippen LogP contribution in [0.4, 0.5) is 4.79 Å². The van der Waals surface area contributed by atoms with Gasteiger partial charge in [-0.3, -0.25) is 14.2 Å². The van der Waals surface area contributed by atoms with Crippen LogP contribution < -0.4 is 45.1 Å². The molecule has 3 N–H and O–H groups in total. The Morgan fingerprint density at radius 3 is 2.29 bits per heavy atom. The summed E-state index contributed by atoms with van der Waals surface area (Å²) >= 11 is 0. The molecule has 2 atom stereocenters. The van der Waals surface area contributed by atoms with Crippen molar-refractivity contribution in [1.29, 1.82) is 0 Å². The predicted molar refractivity (Wildman–Crippen MR) is 73.1 cm³/mol. The number of carbonyl (C=O) groups excluding carboxylic acids is 2. The monoisotopic (exact) mass is 324 g/mol. The number of hydrogen-bond donors (Lipinski definition) is 3. The average Bonchev–Trinajstić information content (AvgIpc) is 2.37. The van der Waals surface area contributed by atoms with Crippen LogP contribution in [-0.2, 0) is 15.8 Å². The topological polar surface area (TPSA) is 119 Å². The first-order chi connectivity index (χ1) is 8.84. The molecule has 0 aliphatic rings. The van der Waals surface area contributed by atoms with Gasteiger partial charge in [0.2, 0.25) is 13.5 Å². The van der Waals surface area contributed by atoms with E-state index in [0.29, 0.717) is 0 Å². The molecule has 0 fully saturated rings. The smallest absolute Gasteiger partial charge is 0.772 e. The van der Waals surface area contributed by atoms with Crippen molar-refractivity contribution in [3.05, 3.63) is 35.9 Å². The number of nitrogens with one attached hydrogen (secondary N) is 2. The van der Waals surface area contributed by atoms with E-state index < -0.39 is 25.2 Å². The second kappa shape index (κ2) is 10.1. The Hall–Kier alpha value is -0.690. The molecule has 0 heterocycles. The SMILES string of the molecule is C.CNC(=O)C(Cc1ccccc1)NC(=O)P(=O)([O-])O.[Na+]. The van der Waals surface area contributed by atoms with Crippen LogP contribution in [0.1, 0.15) is 13.0 Å². The van der Waals surface area contributed by atoms with Crippen molar-refractivity contribution in [2.24, 2.45) is 0 Å². The molecule has 0 bridgehead atoms. The Kier molecular flexibility index (Phi) is 10.9. The molecule has 0 aromatic heterocycles. The fourth-order valence-corrected chi connectivity index (χ4v) is 1.78. The van der Waals surface area contributed by atoms with Gasteiger partial charge >= 0.3 is 29.6 Å². The summed E-state index contributed by atoms with van der Waals surface area (Å²) in [5, 5.41) is 4.29. The second-order valence-corrected chi connectivity index (χ2v) is 5.27. The summed E-state index contributed by atoms with van der Waals surface area (Å²) in [5.74, 6) is -0.550. The van der Waals surface area contributed by atoms with Gasteiger partial charge in [0.15, 0.2) is 0 Å². The molecule has 0 radical (unpaired) electrons. The maximum atomic E-state index is 11.6. The van der Waals surface area contributed by atoms with Crippen LogP contribution in [0.25, 0.3) is 0 Å². The maximum absolute atomic E-state index is 11.6. The van der Waals surface area contributed by atoms with E-state index >= 15 is 0 Å². The fourth-order valence-electron chi connectivity index (χ4n) is 1.46. The van der Waals surface area contributed by atoms with Crippen molar-refractivity contribution >= 4 is 19.2 Å². The molecule has 0 saturated heterocycles. The number of benzene rings is 1. The molecule has 1 aromatic carbocycles. The quantitative estimate of drug-likeness (QED) is 0.400. The molecule has 1 rings (SSSR count). The first-order valence-corrected chi connectivity index (χ1v) is 7.02. The third-order valence-electron chi connectivity index (χ3n) is 2.40. The van der Waals surface area contributed by atoms with E-state index in [1.807, 2.05) is 5.32 Å². The minimum Gasteiger partial charge on any atom is -0.772 e. The van der Waals surface area contributed by atoms with Crippen molar-refractivity contribution in [1.82, 2.24) is 10.6 Å². The molecule has 9 heteroatoms. The van der Waals surface area contributed by atoms with Gasteiger partial charge in [-0.25, -0.2) is 0 Å². The first-order valence-electron chi connectivity index (χ1n) is 5.45. The van der Waals surface area contributed by atoms with Gasteiger partial charge in [-0.1, -0.05) is 37.8 Å². The van der Waals surface area contributed by atoms with Crippen molar-refractivity contribution in [3.63, 3.8) is 0 Å². The summed E-state index contributed by atoms with van der Waals surface area (Å²) in [6.45, 7) is 0. The molecule has 21 heavy (non-hydrogen) atoms. The van der Waals surface area contributed by atoms with Crippen LogP contribution in [0, 0.1) is 0 Å². The maximum Gasteiger partial charge on any atom is 1.00 e. The molecular formula is C12H18N2NaO5P. The van der Waals surface area contributed by atoms with Gasteiger partial charge in [-0.2, -0.15) is 0 Å². The minimum absolute atomic E-state index is 0. The summed E-state index contributed by atoms with van der Waals surface area (Å²) in [6.07, 6.45) is 0.117. The molecule has 0 aliphatic heterocycles. The van der Waals surface area contributed by atoms with Gasteiger partial charge in [0, 0.05) is 13.5 Å². The van der Waals surface area contributed by atoms with Crippen LogP contribution in [0.15, 0.2) is 30.3 Å². The van der Waals surface area contributed by atoms with E-state index in [9.17, 15) is 19.0 Å². The Labute approximate surface area is 146 Å². The van der Waals surface area contributed by atoms with Crippen LogP contribution in [-0.4, -0.2) is 29.5 Å². The van der Waals surface area contributed by atoms with Crippen LogP contribution >= 0.6 is 7.60 Å². The Morgan fingerprint density at radius 1 is 1.33 bits per heavy atom. The Balaban J connectivity index is 0. The van der Waals surface area contributed by atoms with Gasteiger partial charge in [0.1, 0.15) is 6.04 Å². The second-order valence-electron chi connectivity index (χ2n) is 3.83. The number of likely N-dealkylation sites (N-methyl/N-ethyl adjacent to an activating group) is 1. The fraction of sp³-hybridized carbons (Fsp3) is 0.333. The van der Waals surface area contributed by atoms with E-state index in [2.05, 4.69) is 5.32 Å².